The van der Waals surface area contributed by atoms with Crippen molar-refractivity contribution in [3.63, 3.8) is 0 Å². The van der Waals surface area contributed by atoms with Crippen molar-refractivity contribution in [3.8, 4) is 11.5 Å². The molecule has 3 N–H and O–H groups in total. The first kappa shape index (κ1) is 15.6. The van der Waals surface area contributed by atoms with Crippen LogP contribution in [0.1, 0.15) is 5.56 Å². The molecule has 0 saturated carbocycles. The predicted molar refractivity (Wildman–Crippen MR) is 75.5 cm³/mol. The van der Waals surface area contributed by atoms with E-state index >= 15 is 0 Å². The number of nitrogens with zero attached hydrogens (tertiary/aromatic N) is 1. The highest BCUT2D eigenvalue weighted by Crippen LogP contribution is 2.35. The molecule has 22 heavy (non-hydrogen) atoms. The molecule has 8 nitrogen and oxygen atoms in total. The van der Waals surface area contributed by atoms with Gasteiger partial charge in [0.2, 0.25) is 0 Å². The third-order valence-corrected chi connectivity index (χ3v) is 3.13. The highest BCUT2D eigenvalue weighted by Gasteiger charge is 2.34. The van der Waals surface area contributed by atoms with Gasteiger partial charge in [0.25, 0.3) is 5.91 Å². The molecule has 0 aromatic heterocycles. The van der Waals surface area contributed by atoms with Crippen LogP contribution in [0.15, 0.2) is 17.8 Å². The molecular formula is C13H11ClN2O6. The molecule has 0 unspecified atom stereocenters. The molecule has 2 rings (SSSR count). The van der Waals surface area contributed by atoms with Crippen LogP contribution in [0.4, 0.5) is 4.79 Å². The Hall–Kier alpha value is -2.74. The topological polar surface area (TPSA) is 116 Å². The average Bonchev–Trinajstić information content (AvgIpc) is 2.70. The summed E-state index contributed by atoms with van der Waals surface area (Å²) in [5.41, 5.74) is 0.288. The first-order chi connectivity index (χ1) is 10.3. The number of phenols is 1. The number of carbonyl (C=O) groups is 3. The zero-order valence-corrected chi connectivity index (χ0v) is 12.0. The van der Waals surface area contributed by atoms with E-state index < -0.39 is 24.5 Å². The molecule has 1 aliphatic heterocycles. The third kappa shape index (κ3) is 2.96. The summed E-state index contributed by atoms with van der Waals surface area (Å²) in [5, 5.41) is 20.6. The van der Waals surface area contributed by atoms with Crippen molar-refractivity contribution in [2.75, 3.05) is 13.7 Å². The molecule has 1 saturated heterocycles. The summed E-state index contributed by atoms with van der Waals surface area (Å²) >= 11 is 5.83. The molecule has 0 spiro atoms. The van der Waals surface area contributed by atoms with Crippen molar-refractivity contribution in [1.82, 2.24) is 10.2 Å². The Labute approximate surface area is 129 Å². The average molecular weight is 327 g/mol. The Kier molecular flexibility index (Phi) is 4.22. The normalized spacial score (nSPS) is 16.1. The minimum Gasteiger partial charge on any atom is -0.503 e. The van der Waals surface area contributed by atoms with Gasteiger partial charge >= 0.3 is 12.0 Å². The number of methoxy groups -OCH3 is 1. The Morgan fingerprint density at radius 2 is 2.14 bits per heavy atom. The first-order valence-corrected chi connectivity index (χ1v) is 6.34. The predicted octanol–water partition coefficient (Wildman–Crippen LogP) is 1.03. The quantitative estimate of drug-likeness (QED) is 0.562. The molecule has 0 bridgehead atoms. The molecule has 116 valence electrons. The number of halogens is 1. The van der Waals surface area contributed by atoms with Gasteiger partial charge in [-0.05, 0) is 23.8 Å². The zero-order chi connectivity index (χ0) is 16.4. The summed E-state index contributed by atoms with van der Waals surface area (Å²) in [4.78, 5) is 34.7. The van der Waals surface area contributed by atoms with Crippen LogP contribution in [0.25, 0.3) is 6.08 Å². The lowest BCUT2D eigenvalue weighted by Crippen LogP contribution is -2.35. The van der Waals surface area contributed by atoms with Crippen molar-refractivity contribution in [2.24, 2.45) is 0 Å². The van der Waals surface area contributed by atoms with E-state index in [4.69, 9.17) is 21.4 Å². The fraction of sp³-hybridized carbons (Fsp3) is 0.154. The Morgan fingerprint density at radius 1 is 1.45 bits per heavy atom. The van der Waals surface area contributed by atoms with Gasteiger partial charge in [0.1, 0.15) is 12.2 Å². The van der Waals surface area contributed by atoms with E-state index in [1.54, 1.807) is 0 Å². The summed E-state index contributed by atoms with van der Waals surface area (Å²) in [6.45, 7) is -0.734. The Morgan fingerprint density at radius 3 is 2.73 bits per heavy atom. The number of nitrogens with one attached hydrogen (secondary N) is 1. The monoisotopic (exact) mass is 326 g/mol. The maximum atomic E-state index is 12.0. The Balaban J connectivity index is 2.34. The molecule has 0 aliphatic carbocycles. The minimum atomic E-state index is -1.31. The number of carboxylic acid groups (broad SMARTS) is 1. The molecule has 1 fully saturated rings. The number of benzene rings is 1. The highest BCUT2D eigenvalue weighted by atomic mass is 35.5. The summed E-state index contributed by atoms with van der Waals surface area (Å²) in [5.74, 6) is -2.23. The zero-order valence-electron chi connectivity index (χ0n) is 11.3. The largest absolute Gasteiger partial charge is 0.503 e. The van der Waals surface area contributed by atoms with Gasteiger partial charge < -0.3 is 20.3 Å². The molecule has 3 amide bonds. The van der Waals surface area contributed by atoms with Crippen LogP contribution in [-0.4, -0.2) is 46.7 Å². The lowest BCUT2D eigenvalue weighted by molar-refractivity contribution is -0.140. The molecule has 0 radical (unpaired) electrons. The number of carboxylic acids is 1. The number of amides is 3. The summed E-state index contributed by atoms with van der Waals surface area (Å²) in [7, 11) is 1.33. The smallest absolute Gasteiger partial charge is 0.329 e. The number of ether oxygens (including phenoxy) is 1. The van der Waals surface area contributed by atoms with Crippen LogP contribution in [0.2, 0.25) is 5.02 Å². The summed E-state index contributed by atoms with van der Waals surface area (Å²) in [6.07, 6.45) is 1.30. The molecule has 1 aliphatic rings. The minimum absolute atomic E-state index is 0.00497. The van der Waals surface area contributed by atoms with Crippen LogP contribution in [-0.2, 0) is 9.59 Å². The van der Waals surface area contributed by atoms with Crippen LogP contribution in [0, 0.1) is 0 Å². The summed E-state index contributed by atoms with van der Waals surface area (Å²) < 4.78 is 4.93. The van der Waals surface area contributed by atoms with Crippen LogP contribution >= 0.6 is 11.6 Å². The number of rotatable bonds is 4. The van der Waals surface area contributed by atoms with Crippen molar-refractivity contribution in [2.45, 2.75) is 0 Å². The van der Waals surface area contributed by atoms with Crippen molar-refractivity contribution in [1.29, 1.82) is 0 Å². The lowest BCUT2D eigenvalue weighted by Gasteiger charge is -2.07. The third-order valence-electron chi connectivity index (χ3n) is 2.84. The summed E-state index contributed by atoms with van der Waals surface area (Å²) in [6, 6.07) is 1.95. The molecule has 9 heteroatoms. The number of phenolic OH excluding ortho intramolecular Hbond substituents is 1. The van der Waals surface area contributed by atoms with Crippen molar-refractivity contribution >= 4 is 35.6 Å². The SMILES string of the molecule is COc1cc(C=C2NC(=O)N(CC(=O)O)C2=O)cc(Cl)c1O. The fourth-order valence-electron chi connectivity index (χ4n) is 1.85. The number of hydrogen-bond acceptors (Lipinski definition) is 5. The first-order valence-electron chi connectivity index (χ1n) is 5.96. The van der Waals surface area contributed by atoms with E-state index in [9.17, 15) is 19.5 Å². The van der Waals surface area contributed by atoms with E-state index in [-0.39, 0.29) is 22.2 Å². The molecule has 1 heterocycles. The molecule has 1 aromatic rings. The van der Waals surface area contributed by atoms with Crippen molar-refractivity contribution < 1.29 is 29.3 Å². The van der Waals surface area contributed by atoms with Gasteiger partial charge in [0.05, 0.1) is 12.1 Å². The number of hydrogen-bond donors (Lipinski definition) is 3. The Bertz CT molecular complexity index is 700. The van der Waals surface area contributed by atoms with E-state index in [1.807, 2.05) is 0 Å². The second-order valence-corrected chi connectivity index (χ2v) is 4.73. The van der Waals surface area contributed by atoms with Gasteiger partial charge in [-0.2, -0.15) is 0 Å². The second kappa shape index (κ2) is 5.94. The van der Waals surface area contributed by atoms with Crippen molar-refractivity contribution in [3.05, 3.63) is 28.4 Å². The standard InChI is InChI=1S/C13H11ClN2O6/c1-22-9-4-6(2-7(14)11(9)19)3-8-12(20)16(5-10(17)18)13(21)15-8/h2-4,19H,5H2,1H3,(H,15,21)(H,17,18). The number of carbonyl (C=O) groups excluding carboxylic acids is 2. The second-order valence-electron chi connectivity index (χ2n) is 4.33. The number of aromatic hydroxyl groups is 1. The van der Waals surface area contributed by atoms with Gasteiger partial charge in [0.15, 0.2) is 11.5 Å². The molecular weight excluding hydrogens is 316 g/mol. The van der Waals surface area contributed by atoms with Gasteiger partial charge in [-0.25, -0.2) is 9.69 Å². The van der Waals surface area contributed by atoms with Gasteiger partial charge in [-0.1, -0.05) is 11.6 Å². The van der Waals surface area contributed by atoms with Crippen LogP contribution < -0.4 is 10.1 Å². The van der Waals surface area contributed by atoms with E-state index in [1.165, 1.54) is 25.3 Å². The highest BCUT2D eigenvalue weighted by molar-refractivity contribution is 6.32. The maximum absolute atomic E-state index is 12.0. The number of aliphatic carboxylic acids is 1. The van der Waals surface area contributed by atoms with Crippen LogP contribution in [0.5, 0.6) is 11.5 Å². The fourth-order valence-corrected chi connectivity index (χ4v) is 2.07. The maximum Gasteiger partial charge on any atom is 0.329 e. The van der Waals surface area contributed by atoms with E-state index in [0.29, 0.717) is 10.5 Å². The van der Waals surface area contributed by atoms with Gasteiger partial charge in [-0.3, -0.25) is 9.59 Å². The number of urea groups is 1. The van der Waals surface area contributed by atoms with Gasteiger partial charge in [-0.15, -0.1) is 0 Å². The molecule has 1 aromatic carbocycles. The molecule has 0 atom stereocenters. The number of imide groups is 1. The van der Waals surface area contributed by atoms with Crippen LogP contribution in [0.3, 0.4) is 0 Å². The van der Waals surface area contributed by atoms with E-state index in [2.05, 4.69) is 5.32 Å². The van der Waals surface area contributed by atoms with E-state index in [0.717, 1.165) is 0 Å². The van der Waals surface area contributed by atoms with Gasteiger partial charge in [0, 0.05) is 0 Å². The lowest BCUT2D eigenvalue weighted by atomic mass is 10.1.